The van der Waals surface area contributed by atoms with E-state index in [1.807, 2.05) is 98.0 Å². The van der Waals surface area contributed by atoms with E-state index in [0.29, 0.717) is 120 Å². The van der Waals surface area contributed by atoms with Crippen LogP contribution < -0.4 is 10.2 Å². The Morgan fingerprint density at radius 3 is 1.98 bits per heavy atom. The van der Waals surface area contributed by atoms with Crippen LogP contribution in [0.4, 0.5) is 47.3 Å². The van der Waals surface area contributed by atoms with E-state index in [2.05, 4.69) is 39.2 Å². The van der Waals surface area contributed by atoms with E-state index in [4.69, 9.17) is 37.4 Å². The Kier molecular flexibility index (Phi) is 31.5. The maximum absolute atomic E-state index is 14.0. The summed E-state index contributed by atoms with van der Waals surface area (Å²) < 4.78 is 102. The maximum atomic E-state index is 14.0. The van der Waals surface area contributed by atoms with E-state index in [-0.39, 0.29) is 117 Å². The third kappa shape index (κ3) is 22.4. The van der Waals surface area contributed by atoms with E-state index in [1.165, 1.54) is 15.4 Å². The zero-order chi connectivity index (χ0) is 72.8. The Balaban J connectivity index is 0.00000513. The molecule has 28 heteroatoms. The fourth-order valence-corrected chi connectivity index (χ4v) is 14.9. The van der Waals surface area contributed by atoms with Gasteiger partial charge in [-0.3, -0.25) is 24.6 Å². The largest absolute Gasteiger partial charge is 0.465 e. The van der Waals surface area contributed by atoms with Gasteiger partial charge in [0.2, 0.25) is 11.8 Å². The van der Waals surface area contributed by atoms with E-state index in [0.717, 1.165) is 67.7 Å². The third-order valence-electron chi connectivity index (χ3n) is 20.5. The molecule has 5 amide bonds. The average Bonchev–Trinajstić information content (AvgIpc) is 1.62. The Labute approximate surface area is 639 Å². The summed E-state index contributed by atoms with van der Waals surface area (Å²) in [5.41, 5.74) is 1.51. The number of para-hydroxylation sites is 1. The molecule has 17 nitrogen and oxygen atoms in total. The standard InChI is InChI=1S/C77H90Cl2F6N8O9.3ClH/c1-87(34-13-5-8-22-69(94)89(3)41-42-90-36-29-62(30-37-90)93(73(98)99)67-21-12-10-19-63(67)55-16-6-4-7-17-55)51-54-23-26-61(27-24-54)86-72(97)100-44-15-14-35-88(2)70(95)52-101-68-48-56-18-9-11-20-64(56)74(68)31-38-91(39-32-74)40-33-75(58-25-28-65(78)66(79)50-58)53-92(43-45-102-75)71(96)57-46-59(76(80,81)82)49-60(47-57)77(83,84)85;;;/h4,6-7,9-12,16-21,23-28,46-47,49-50,62,68H,5,8,13-15,22,29-45,48,51-53H2,1-3H3,(H,86,97)(H,98,99);3*1H/t68-,75+;;;/m0.../s1. The minimum absolute atomic E-state index is 0. The van der Waals surface area contributed by atoms with Crippen molar-refractivity contribution in [2.75, 3.05) is 123 Å². The molecule has 0 saturated carbocycles. The lowest BCUT2D eigenvalue weighted by atomic mass is 9.72. The number of ether oxygens (including phenoxy) is 3. The second kappa shape index (κ2) is 38.8. The molecule has 6 aromatic carbocycles. The highest BCUT2D eigenvalue weighted by molar-refractivity contribution is 6.42. The van der Waals surface area contributed by atoms with Gasteiger partial charge in [-0.15, -0.1) is 37.2 Å². The topological polar surface area (TPSA) is 168 Å². The molecule has 3 heterocycles. The lowest BCUT2D eigenvalue weighted by molar-refractivity contribution is -0.143. The fraction of sp³-hybridized carbons (Fsp3) is 0.468. The SMILES string of the molecule is CN(CCCCCC(=O)N(C)CCN1CCC(N(C(=O)O)c2ccccc2-c2ccccc2)CC1)Cc1ccc(NC(=O)OCCCCN(C)C(=O)CO[C@H]2Cc3ccccc3C23CCN(CC[C@]2(c4ccc(Cl)c(Cl)c4)CN(C(=O)c4cc(C(F)(F)F)cc(C(F)(F)F)c4)CCO2)CC3)cc1.Cl.Cl.Cl. The average molecular weight is 1570 g/mol. The number of anilines is 2. The normalized spacial score (nSPS) is 17.6. The first kappa shape index (κ1) is 85.4. The number of hydrogen-bond acceptors (Lipinski definition) is 11. The second-order valence-corrected chi connectivity index (χ2v) is 28.2. The van der Waals surface area contributed by atoms with Crippen molar-refractivity contribution >= 4 is 102 Å². The molecule has 3 saturated heterocycles. The van der Waals surface area contributed by atoms with Gasteiger partial charge in [0.25, 0.3) is 5.91 Å². The number of piperidine rings is 2. The van der Waals surface area contributed by atoms with E-state index < -0.39 is 58.2 Å². The molecule has 1 spiro atoms. The van der Waals surface area contributed by atoms with Crippen molar-refractivity contribution in [3.63, 3.8) is 0 Å². The molecule has 0 bridgehead atoms. The summed E-state index contributed by atoms with van der Waals surface area (Å²) in [4.78, 5) is 79.1. The molecule has 2 N–H and O–H groups in total. The second-order valence-electron chi connectivity index (χ2n) is 27.4. The third-order valence-corrected chi connectivity index (χ3v) is 21.2. The number of amides is 5. The Morgan fingerprint density at radius 2 is 1.30 bits per heavy atom. The van der Waals surface area contributed by atoms with Gasteiger partial charge in [0.15, 0.2) is 0 Å². The molecule has 3 fully saturated rings. The molecule has 3 aliphatic heterocycles. The highest BCUT2D eigenvalue weighted by Crippen LogP contribution is 2.49. The number of rotatable bonds is 28. The van der Waals surface area contributed by atoms with Crippen LogP contribution in [-0.4, -0.2) is 190 Å². The van der Waals surface area contributed by atoms with Crippen LogP contribution in [0.25, 0.3) is 11.1 Å². The first-order valence-electron chi connectivity index (χ1n) is 35.0. The molecule has 1 aliphatic carbocycles. The highest BCUT2D eigenvalue weighted by Gasteiger charge is 2.50. The van der Waals surface area contributed by atoms with Gasteiger partial charge in [0.1, 0.15) is 12.2 Å². The number of hydrogen-bond donors (Lipinski definition) is 2. The van der Waals surface area contributed by atoms with Crippen LogP contribution in [0.15, 0.2) is 140 Å². The maximum Gasteiger partial charge on any atom is 0.416 e. The molecular weight excluding hydrogens is 1470 g/mol. The van der Waals surface area contributed by atoms with E-state index >= 15 is 0 Å². The summed E-state index contributed by atoms with van der Waals surface area (Å²) in [6.45, 7) is 6.20. The van der Waals surface area contributed by atoms with Gasteiger partial charge in [0, 0.05) is 101 Å². The number of likely N-dealkylation sites (tertiary alicyclic amines) is 2. The predicted octanol–water partition coefficient (Wildman–Crippen LogP) is 16.3. The quantitative estimate of drug-likeness (QED) is 0.0353. The molecular formula is C77H93Cl5F6N8O9. The molecule has 105 heavy (non-hydrogen) atoms. The number of unbranched alkanes of at least 4 members (excludes halogenated alkanes) is 3. The van der Waals surface area contributed by atoms with Crippen LogP contribution in [0.2, 0.25) is 10.0 Å². The summed E-state index contributed by atoms with van der Waals surface area (Å²) in [7, 11) is 5.63. The van der Waals surface area contributed by atoms with Crippen LogP contribution in [0.5, 0.6) is 0 Å². The van der Waals surface area contributed by atoms with Crippen LogP contribution in [0, 0.1) is 0 Å². The number of likely N-dealkylation sites (N-methyl/N-ethyl adjacent to an activating group) is 2. The number of carbonyl (C=O) groups excluding carboxylic acids is 4. The fourth-order valence-electron chi connectivity index (χ4n) is 14.7. The molecule has 0 aromatic heterocycles. The number of carbonyl (C=O) groups is 5. The Bertz CT molecular complexity index is 3820. The van der Waals surface area contributed by atoms with Crippen molar-refractivity contribution in [2.24, 2.45) is 0 Å². The number of halogens is 11. The van der Waals surface area contributed by atoms with Crippen molar-refractivity contribution in [2.45, 2.75) is 119 Å². The molecule has 4 aliphatic rings. The number of morpholine rings is 1. The highest BCUT2D eigenvalue weighted by atomic mass is 35.5. The lowest BCUT2D eigenvalue weighted by Crippen LogP contribution is -2.54. The van der Waals surface area contributed by atoms with Crippen molar-refractivity contribution in [3.8, 4) is 11.1 Å². The van der Waals surface area contributed by atoms with Gasteiger partial charge in [-0.1, -0.05) is 121 Å². The number of fused-ring (bicyclic) bond motifs is 2. The van der Waals surface area contributed by atoms with Gasteiger partial charge in [0.05, 0.1) is 52.7 Å². The van der Waals surface area contributed by atoms with Gasteiger partial charge < -0.3 is 48.7 Å². The minimum atomic E-state index is -5.14. The Morgan fingerprint density at radius 1 is 0.667 bits per heavy atom. The van der Waals surface area contributed by atoms with Gasteiger partial charge in [-0.25, -0.2) is 9.59 Å². The Hall–Kier alpha value is -6.90. The van der Waals surface area contributed by atoms with Crippen LogP contribution in [0.1, 0.15) is 114 Å². The van der Waals surface area contributed by atoms with Gasteiger partial charge in [-0.05, 0) is 167 Å². The number of benzene rings is 6. The predicted molar refractivity (Wildman–Crippen MR) is 403 cm³/mol. The molecule has 0 radical (unpaired) electrons. The smallest absolute Gasteiger partial charge is 0.416 e. The molecule has 2 atom stereocenters. The van der Waals surface area contributed by atoms with Crippen LogP contribution in [0.3, 0.4) is 0 Å². The molecule has 0 unspecified atom stereocenters. The summed E-state index contributed by atoms with van der Waals surface area (Å²) in [6.07, 6.45) is -4.17. The van der Waals surface area contributed by atoms with Crippen LogP contribution in [-0.2, 0) is 60.1 Å². The monoisotopic (exact) mass is 1560 g/mol. The number of alkyl halides is 6. The van der Waals surface area contributed by atoms with Crippen molar-refractivity contribution in [1.82, 2.24) is 29.4 Å². The van der Waals surface area contributed by atoms with Crippen molar-refractivity contribution < 1.29 is 69.6 Å². The molecule has 6 aromatic rings. The lowest BCUT2D eigenvalue weighted by Gasteiger charge is -2.46. The zero-order valence-corrected chi connectivity index (χ0v) is 63.1. The van der Waals surface area contributed by atoms with E-state index in [1.54, 1.807) is 35.0 Å². The van der Waals surface area contributed by atoms with Crippen molar-refractivity contribution in [1.29, 1.82) is 0 Å². The first-order valence-corrected chi connectivity index (χ1v) is 35.7. The van der Waals surface area contributed by atoms with Gasteiger partial charge >= 0.3 is 24.5 Å². The number of nitrogens with zero attached hydrogens (tertiary/aromatic N) is 7. The summed E-state index contributed by atoms with van der Waals surface area (Å²) in [6, 6.07) is 38.9. The zero-order valence-electron chi connectivity index (χ0n) is 59.1. The number of carboxylic acid groups (broad SMARTS) is 1. The molecule has 572 valence electrons. The summed E-state index contributed by atoms with van der Waals surface area (Å²) >= 11 is 12.8. The molecule has 10 rings (SSSR count). The van der Waals surface area contributed by atoms with Crippen LogP contribution >= 0.6 is 60.4 Å². The minimum Gasteiger partial charge on any atom is -0.465 e. The van der Waals surface area contributed by atoms with Gasteiger partial charge in [-0.2, -0.15) is 26.3 Å². The number of nitrogens with one attached hydrogen (secondary N) is 1. The van der Waals surface area contributed by atoms with E-state index in [9.17, 15) is 55.4 Å². The first-order chi connectivity index (χ1) is 48.8. The summed E-state index contributed by atoms with van der Waals surface area (Å²) in [5.74, 6) is -1.07. The summed E-state index contributed by atoms with van der Waals surface area (Å²) in [5, 5.41) is 13.6. The van der Waals surface area contributed by atoms with Crippen molar-refractivity contribution in [3.05, 3.63) is 189 Å².